The lowest BCUT2D eigenvalue weighted by atomic mass is 10.1. The quantitative estimate of drug-likeness (QED) is 0.714. The summed E-state index contributed by atoms with van der Waals surface area (Å²) in [7, 11) is 0. The summed E-state index contributed by atoms with van der Waals surface area (Å²) in [4.78, 5) is 13.7. The molecule has 25 heavy (non-hydrogen) atoms. The van der Waals surface area contributed by atoms with E-state index >= 15 is 0 Å². The van der Waals surface area contributed by atoms with E-state index in [4.69, 9.17) is 0 Å². The Balaban J connectivity index is 1.97. The van der Waals surface area contributed by atoms with Crippen molar-refractivity contribution in [3.63, 3.8) is 0 Å². The Morgan fingerprint density at radius 1 is 1.00 bits per heavy atom. The minimum absolute atomic E-state index is 0.0618. The molecule has 0 radical (unpaired) electrons. The number of carbonyl (C=O) groups excluding carboxylic acids is 1. The number of hydrogen-bond donors (Lipinski definition) is 2. The number of carbonyl (C=O) groups is 1. The Labute approximate surface area is 151 Å². The van der Waals surface area contributed by atoms with Gasteiger partial charge in [0.1, 0.15) is 6.54 Å². The first-order chi connectivity index (χ1) is 12.1. The molecule has 0 heterocycles. The topological polar surface area (TPSA) is 33.5 Å². The van der Waals surface area contributed by atoms with Crippen LogP contribution in [0.2, 0.25) is 0 Å². The Bertz CT molecular complexity index is 717. The van der Waals surface area contributed by atoms with Crippen LogP contribution in [0.3, 0.4) is 0 Å². The number of amides is 1. The first-order valence-electron chi connectivity index (χ1n) is 9.06. The highest BCUT2D eigenvalue weighted by Gasteiger charge is 2.09. The molecule has 0 fully saturated rings. The molecule has 1 amide bonds. The minimum atomic E-state index is -0.0618. The molecular weight excluding hydrogens is 308 g/mol. The van der Waals surface area contributed by atoms with Crippen LogP contribution in [0.25, 0.3) is 6.08 Å². The predicted molar refractivity (Wildman–Crippen MR) is 104 cm³/mol. The summed E-state index contributed by atoms with van der Waals surface area (Å²) in [5.74, 6) is -0.0618. The van der Waals surface area contributed by atoms with Crippen LogP contribution in [-0.2, 0) is 17.9 Å². The zero-order chi connectivity index (χ0) is 18.1. The van der Waals surface area contributed by atoms with Gasteiger partial charge in [-0.1, -0.05) is 48.5 Å². The van der Waals surface area contributed by atoms with Crippen molar-refractivity contribution in [1.29, 1.82) is 0 Å². The molecule has 0 aliphatic carbocycles. The molecule has 0 saturated heterocycles. The van der Waals surface area contributed by atoms with E-state index in [0.717, 1.165) is 25.2 Å². The fourth-order valence-electron chi connectivity index (χ4n) is 2.85. The summed E-state index contributed by atoms with van der Waals surface area (Å²) < 4.78 is 0. The standard InChI is InChI=1S/C22H28N2O/c1-4-24(5-2)17-21-13-9-8-12-20(21)16-23-22(25)15-14-19-11-7-6-10-18(19)3/h6-15H,4-5,16-17H2,1-3H3,(H,23,25)/p+1/b15-14+. The van der Waals surface area contributed by atoms with Gasteiger partial charge in [0.2, 0.25) is 5.91 Å². The van der Waals surface area contributed by atoms with Gasteiger partial charge in [-0.15, -0.1) is 0 Å². The molecule has 0 spiro atoms. The van der Waals surface area contributed by atoms with Gasteiger partial charge in [0.25, 0.3) is 0 Å². The lowest BCUT2D eigenvalue weighted by molar-refractivity contribution is -0.910. The van der Waals surface area contributed by atoms with Crippen LogP contribution in [-0.4, -0.2) is 19.0 Å². The second-order valence-corrected chi connectivity index (χ2v) is 6.31. The lowest BCUT2D eigenvalue weighted by Crippen LogP contribution is -3.10. The van der Waals surface area contributed by atoms with Crippen molar-refractivity contribution >= 4 is 12.0 Å². The van der Waals surface area contributed by atoms with Gasteiger partial charge in [-0.3, -0.25) is 4.79 Å². The summed E-state index contributed by atoms with van der Waals surface area (Å²) in [6, 6.07) is 16.4. The summed E-state index contributed by atoms with van der Waals surface area (Å²) in [5.41, 5.74) is 4.74. The first kappa shape index (κ1) is 18.9. The Kier molecular flexibility index (Phi) is 7.42. The highest BCUT2D eigenvalue weighted by Crippen LogP contribution is 2.09. The van der Waals surface area contributed by atoms with Crippen molar-refractivity contribution in [2.24, 2.45) is 0 Å². The molecule has 2 aromatic rings. The molecule has 0 unspecified atom stereocenters. The maximum atomic E-state index is 12.1. The molecule has 0 atom stereocenters. The van der Waals surface area contributed by atoms with E-state index in [2.05, 4.69) is 37.4 Å². The molecule has 2 N–H and O–H groups in total. The maximum absolute atomic E-state index is 12.1. The van der Waals surface area contributed by atoms with Gasteiger partial charge >= 0.3 is 0 Å². The van der Waals surface area contributed by atoms with Crippen molar-refractivity contribution < 1.29 is 9.69 Å². The second kappa shape index (κ2) is 9.80. The van der Waals surface area contributed by atoms with E-state index in [-0.39, 0.29) is 5.91 Å². The van der Waals surface area contributed by atoms with E-state index in [1.807, 2.05) is 43.3 Å². The Hall–Kier alpha value is -2.39. The van der Waals surface area contributed by atoms with Crippen molar-refractivity contribution in [1.82, 2.24) is 5.32 Å². The SMILES string of the molecule is CC[NH+](CC)Cc1ccccc1CNC(=O)/C=C/c1ccccc1C. The largest absolute Gasteiger partial charge is 0.348 e. The number of rotatable bonds is 8. The smallest absolute Gasteiger partial charge is 0.244 e. The van der Waals surface area contributed by atoms with Crippen LogP contribution in [0.4, 0.5) is 0 Å². The zero-order valence-electron chi connectivity index (χ0n) is 15.5. The van der Waals surface area contributed by atoms with Gasteiger partial charge in [0.15, 0.2) is 0 Å². The van der Waals surface area contributed by atoms with Crippen molar-refractivity contribution in [3.8, 4) is 0 Å². The minimum Gasteiger partial charge on any atom is -0.348 e. The molecule has 0 aromatic heterocycles. The van der Waals surface area contributed by atoms with Crippen LogP contribution < -0.4 is 10.2 Å². The molecule has 0 aliphatic rings. The number of benzene rings is 2. The maximum Gasteiger partial charge on any atom is 0.244 e. The molecule has 0 saturated carbocycles. The summed E-state index contributed by atoms with van der Waals surface area (Å²) in [6.07, 6.45) is 3.48. The van der Waals surface area contributed by atoms with Crippen LogP contribution in [0.1, 0.15) is 36.1 Å². The number of nitrogens with one attached hydrogen (secondary N) is 2. The average Bonchev–Trinajstić information content (AvgIpc) is 2.64. The van der Waals surface area contributed by atoms with Crippen LogP contribution >= 0.6 is 0 Å². The molecular formula is C22H29N2O+. The number of aryl methyl sites for hydroxylation is 1. The summed E-state index contributed by atoms with van der Waals surface area (Å²) in [5, 5.41) is 3.00. The number of hydrogen-bond acceptors (Lipinski definition) is 1. The van der Waals surface area contributed by atoms with Crippen molar-refractivity contribution in [3.05, 3.63) is 76.9 Å². The van der Waals surface area contributed by atoms with Gasteiger partial charge in [-0.2, -0.15) is 0 Å². The zero-order valence-corrected chi connectivity index (χ0v) is 15.5. The Morgan fingerprint density at radius 2 is 1.64 bits per heavy atom. The normalized spacial score (nSPS) is 11.2. The fourth-order valence-corrected chi connectivity index (χ4v) is 2.85. The molecule has 132 valence electrons. The lowest BCUT2D eigenvalue weighted by Gasteiger charge is -2.17. The summed E-state index contributed by atoms with van der Waals surface area (Å²) >= 11 is 0. The fraction of sp³-hybridized carbons (Fsp3) is 0.318. The average molecular weight is 337 g/mol. The molecule has 0 aliphatic heterocycles. The second-order valence-electron chi connectivity index (χ2n) is 6.31. The van der Waals surface area contributed by atoms with Gasteiger partial charge in [-0.25, -0.2) is 0 Å². The molecule has 2 aromatic carbocycles. The van der Waals surface area contributed by atoms with E-state index in [0.29, 0.717) is 6.54 Å². The molecule has 3 heteroatoms. The van der Waals surface area contributed by atoms with Crippen LogP contribution in [0, 0.1) is 6.92 Å². The molecule has 3 nitrogen and oxygen atoms in total. The van der Waals surface area contributed by atoms with E-state index in [9.17, 15) is 4.79 Å². The third-order valence-corrected chi connectivity index (χ3v) is 4.61. The van der Waals surface area contributed by atoms with E-state index in [1.54, 1.807) is 11.0 Å². The van der Waals surface area contributed by atoms with Gasteiger partial charge in [0, 0.05) is 18.2 Å². The van der Waals surface area contributed by atoms with Crippen molar-refractivity contribution in [2.45, 2.75) is 33.9 Å². The van der Waals surface area contributed by atoms with Crippen molar-refractivity contribution in [2.75, 3.05) is 13.1 Å². The Morgan fingerprint density at radius 3 is 2.32 bits per heavy atom. The predicted octanol–water partition coefficient (Wildman–Crippen LogP) is 2.75. The first-order valence-corrected chi connectivity index (χ1v) is 9.06. The highest BCUT2D eigenvalue weighted by atomic mass is 16.1. The van der Waals surface area contributed by atoms with Gasteiger partial charge in [0.05, 0.1) is 13.1 Å². The van der Waals surface area contributed by atoms with Gasteiger partial charge in [-0.05, 0) is 43.5 Å². The van der Waals surface area contributed by atoms with Crippen LogP contribution in [0.15, 0.2) is 54.6 Å². The monoisotopic (exact) mass is 337 g/mol. The van der Waals surface area contributed by atoms with Crippen LogP contribution in [0.5, 0.6) is 0 Å². The third kappa shape index (κ3) is 5.87. The molecule has 2 rings (SSSR count). The summed E-state index contributed by atoms with van der Waals surface area (Å²) in [6.45, 7) is 10.2. The number of quaternary nitrogens is 1. The van der Waals surface area contributed by atoms with Gasteiger partial charge < -0.3 is 10.2 Å². The van der Waals surface area contributed by atoms with E-state index in [1.165, 1.54) is 16.7 Å². The molecule has 0 bridgehead atoms. The highest BCUT2D eigenvalue weighted by molar-refractivity contribution is 5.91. The van der Waals surface area contributed by atoms with E-state index < -0.39 is 0 Å². The third-order valence-electron chi connectivity index (χ3n) is 4.61.